The van der Waals surface area contributed by atoms with E-state index in [1.165, 1.54) is 5.69 Å². The molecule has 0 radical (unpaired) electrons. The molecule has 1 saturated heterocycles. The summed E-state index contributed by atoms with van der Waals surface area (Å²) in [6, 6.07) is 3.81. The predicted octanol–water partition coefficient (Wildman–Crippen LogP) is 3.15. The van der Waals surface area contributed by atoms with E-state index in [4.69, 9.17) is 33.9 Å². The van der Waals surface area contributed by atoms with E-state index in [-0.39, 0.29) is 0 Å². The number of nitrogens with one attached hydrogen (secondary N) is 1. The molecule has 0 spiro atoms. The van der Waals surface area contributed by atoms with Crippen LogP contribution in [0.2, 0.25) is 10.0 Å². The molecule has 3 N–H and O–H groups in total. The highest BCUT2D eigenvalue weighted by Crippen LogP contribution is 2.26. The number of imidazole rings is 1. The normalized spacial score (nSPS) is 15.2. The molecule has 4 heterocycles. The maximum absolute atomic E-state index is 6.38. The van der Waals surface area contributed by atoms with Gasteiger partial charge in [0.2, 0.25) is 0 Å². The Kier molecular flexibility index (Phi) is 7.80. The van der Waals surface area contributed by atoms with Gasteiger partial charge in [0, 0.05) is 45.1 Å². The molecule has 1 fully saturated rings. The van der Waals surface area contributed by atoms with Crippen molar-refractivity contribution in [1.82, 2.24) is 29.7 Å². The van der Waals surface area contributed by atoms with Crippen LogP contribution in [0.15, 0.2) is 24.5 Å². The van der Waals surface area contributed by atoms with E-state index in [1.54, 1.807) is 12.3 Å². The second kappa shape index (κ2) is 10.8. The highest BCUT2D eigenvalue weighted by atomic mass is 35.5. The van der Waals surface area contributed by atoms with Gasteiger partial charge in [-0.2, -0.15) is 0 Å². The molecule has 0 atom stereocenters. The Bertz CT molecular complexity index is 1030. The summed E-state index contributed by atoms with van der Waals surface area (Å²) in [7, 11) is 2.16. The van der Waals surface area contributed by atoms with Gasteiger partial charge < -0.3 is 20.5 Å². The first kappa shape index (κ1) is 23.2. The van der Waals surface area contributed by atoms with E-state index in [9.17, 15) is 0 Å². The van der Waals surface area contributed by atoms with Crippen molar-refractivity contribution in [2.24, 2.45) is 5.73 Å². The van der Waals surface area contributed by atoms with Crippen molar-refractivity contribution in [3.63, 3.8) is 0 Å². The molecule has 1 aliphatic rings. The number of hydrogen-bond acceptors (Lipinski definition) is 7. The minimum absolute atomic E-state index is 0.535. The standard InChI is InChI=1S/C22H30Cl2N8/c1-30-8-10-32(11-9-30)19-4-6-26-22-21(19)28-20(29-22)15-31(7-3-2-5-25)14-18-17(24)12-16(23)13-27-18/h4,6,12-13H,2-3,5,7-11,14-15,25H2,1H3,(H,26,28,29). The lowest BCUT2D eigenvalue weighted by molar-refractivity contribution is 0.244. The number of aromatic nitrogens is 4. The highest BCUT2D eigenvalue weighted by molar-refractivity contribution is 6.34. The number of unbranched alkanes of at least 4 members (excludes halogenated alkanes) is 1. The Morgan fingerprint density at radius 3 is 2.69 bits per heavy atom. The van der Waals surface area contributed by atoms with Crippen LogP contribution in [0, 0.1) is 0 Å². The maximum Gasteiger partial charge on any atom is 0.179 e. The van der Waals surface area contributed by atoms with Gasteiger partial charge in [0.25, 0.3) is 0 Å². The smallest absolute Gasteiger partial charge is 0.179 e. The summed E-state index contributed by atoms with van der Waals surface area (Å²) in [6.07, 6.45) is 5.44. The lowest BCUT2D eigenvalue weighted by Crippen LogP contribution is -2.44. The molecule has 0 aliphatic carbocycles. The number of nitrogens with zero attached hydrogens (tertiary/aromatic N) is 6. The zero-order chi connectivity index (χ0) is 22.5. The Hall–Kier alpha value is -1.97. The third kappa shape index (κ3) is 5.68. The Morgan fingerprint density at radius 1 is 1.12 bits per heavy atom. The summed E-state index contributed by atoms with van der Waals surface area (Å²) in [5.74, 6) is 0.881. The first-order valence-electron chi connectivity index (χ1n) is 11.0. The molecule has 1 aliphatic heterocycles. The Balaban J connectivity index is 1.54. The maximum atomic E-state index is 6.38. The quantitative estimate of drug-likeness (QED) is 0.458. The van der Waals surface area contributed by atoms with Crippen LogP contribution in [0.5, 0.6) is 0 Å². The van der Waals surface area contributed by atoms with Crippen LogP contribution in [0.1, 0.15) is 24.4 Å². The van der Waals surface area contributed by atoms with E-state index >= 15 is 0 Å². The lowest BCUT2D eigenvalue weighted by Gasteiger charge is -2.34. The first-order chi connectivity index (χ1) is 15.5. The first-order valence-corrected chi connectivity index (χ1v) is 11.8. The summed E-state index contributed by atoms with van der Waals surface area (Å²) in [5.41, 5.74) is 9.42. The molecular formula is C22H30Cl2N8. The van der Waals surface area contributed by atoms with Gasteiger partial charge in [-0.05, 0) is 45.1 Å². The van der Waals surface area contributed by atoms with Crippen molar-refractivity contribution in [1.29, 1.82) is 0 Å². The van der Waals surface area contributed by atoms with Crippen molar-refractivity contribution in [3.05, 3.63) is 46.1 Å². The third-order valence-electron chi connectivity index (χ3n) is 5.82. The second-order valence-corrected chi connectivity index (χ2v) is 9.13. The summed E-state index contributed by atoms with van der Waals surface area (Å²) in [4.78, 5) is 24.3. The fourth-order valence-corrected chi connectivity index (χ4v) is 4.45. The highest BCUT2D eigenvalue weighted by Gasteiger charge is 2.19. The summed E-state index contributed by atoms with van der Waals surface area (Å²) < 4.78 is 0. The number of likely N-dealkylation sites (N-methyl/N-ethyl adjacent to an activating group) is 1. The van der Waals surface area contributed by atoms with Gasteiger partial charge in [0.05, 0.1) is 28.0 Å². The van der Waals surface area contributed by atoms with Gasteiger partial charge in [-0.3, -0.25) is 9.88 Å². The van der Waals surface area contributed by atoms with Gasteiger partial charge in [-0.1, -0.05) is 23.2 Å². The van der Waals surface area contributed by atoms with E-state index < -0.39 is 0 Å². The van der Waals surface area contributed by atoms with Crippen LogP contribution in [-0.2, 0) is 13.1 Å². The van der Waals surface area contributed by atoms with Crippen LogP contribution in [0.3, 0.4) is 0 Å². The van der Waals surface area contributed by atoms with E-state index in [0.717, 1.165) is 68.2 Å². The predicted molar refractivity (Wildman–Crippen MR) is 130 cm³/mol. The minimum Gasteiger partial charge on any atom is -0.367 e. The molecule has 0 amide bonds. The molecular weight excluding hydrogens is 447 g/mol. The molecule has 3 aromatic rings. The minimum atomic E-state index is 0.535. The molecule has 0 saturated carbocycles. The monoisotopic (exact) mass is 476 g/mol. The fourth-order valence-electron chi connectivity index (χ4n) is 4.01. The number of H-pyrrole nitrogens is 1. The zero-order valence-corrected chi connectivity index (χ0v) is 19.9. The lowest BCUT2D eigenvalue weighted by atomic mass is 10.2. The van der Waals surface area contributed by atoms with Crippen molar-refractivity contribution in [2.45, 2.75) is 25.9 Å². The molecule has 4 rings (SSSR count). The SMILES string of the molecule is CN1CCN(c2ccnc3nc(CN(CCCCN)Cc4ncc(Cl)cc4Cl)[nH]c23)CC1. The van der Waals surface area contributed by atoms with E-state index in [2.05, 4.69) is 42.8 Å². The molecule has 172 valence electrons. The summed E-state index contributed by atoms with van der Waals surface area (Å²) >= 11 is 12.4. The van der Waals surface area contributed by atoms with E-state index in [0.29, 0.717) is 29.7 Å². The number of anilines is 1. The van der Waals surface area contributed by atoms with Crippen molar-refractivity contribution in [2.75, 3.05) is 51.2 Å². The number of piperazine rings is 1. The largest absolute Gasteiger partial charge is 0.367 e. The van der Waals surface area contributed by atoms with Gasteiger partial charge in [-0.15, -0.1) is 0 Å². The molecule has 32 heavy (non-hydrogen) atoms. The number of halogens is 2. The van der Waals surface area contributed by atoms with Crippen molar-refractivity contribution >= 4 is 40.1 Å². The van der Waals surface area contributed by atoms with Crippen molar-refractivity contribution < 1.29 is 0 Å². The van der Waals surface area contributed by atoms with Crippen LogP contribution in [0.25, 0.3) is 11.2 Å². The van der Waals surface area contributed by atoms with Gasteiger partial charge in [-0.25, -0.2) is 9.97 Å². The molecule has 0 bridgehead atoms. The van der Waals surface area contributed by atoms with Gasteiger partial charge in [0.15, 0.2) is 5.65 Å². The average molecular weight is 477 g/mol. The number of aromatic amines is 1. The van der Waals surface area contributed by atoms with Crippen LogP contribution >= 0.6 is 23.2 Å². The Labute approximate surface area is 198 Å². The summed E-state index contributed by atoms with van der Waals surface area (Å²) in [6.45, 7) is 6.89. The Morgan fingerprint density at radius 2 is 1.94 bits per heavy atom. The average Bonchev–Trinajstić information content (AvgIpc) is 3.19. The number of pyridine rings is 2. The molecule has 3 aromatic heterocycles. The fraction of sp³-hybridized carbons (Fsp3) is 0.500. The van der Waals surface area contributed by atoms with Crippen LogP contribution in [-0.4, -0.2) is 76.1 Å². The summed E-state index contributed by atoms with van der Waals surface area (Å²) in [5, 5.41) is 1.11. The van der Waals surface area contributed by atoms with Crippen LogP contribution in [0.4, 0.5) is 5.69 Å². The number of rotatable bonds is 9. The van der Waals surface area contributed by atoms with E-state index in [1.807, 2.05) is 6.20 Å². The molecule has 0 unspecified atom stereocenters. The van der Waals surface area contributed by atoms with Crippen molar-refractivity contribution in [3.8, 4) is 0 Å². The van der Waals surface area contributed by atoms with Crippen LogP contribution < -0.4 is 10.6 Å². The molecule has 0 aromatic carbocycles. The number of nitrogens with two attached hydrogens (primary N) is 1. The molecule has 10 heteroatoms. The molecule has 8 nitrogen and oxygen atoms in total. The number of fused-ring (bicyclic) bond motifs is 1. The third-order valence-corrected chi connectivity index (χ3v) is 6.36. The van der Waals surface area contributed by atoms with Gasteiger partial charge in [0.1, 0.15) is 11.3 Å². The zero-order valence-electron chi connectivity index (χ0n) is 18.4. The second-order valence-electron chi connectivity index (χ2n) is 8.29. The van der Waals surface area contributed by atoms with Gasteiger partial charge >= 0.3 is 0 Å². The number of hydrogen-bond donors (Lipinski definition) is 2. The topological polar surface area (TPSA) is 90.2 Å².